The van der Waals surface area contributed by atoms with Gasteiger partial charge in [0.05, 0.1) is 30.9 Å². The van der Waals surface area contributed by atoms with E-state index in [0.717, 1.165) is 66.1 Å². The van der Waals surface area contributed by atoms with Gasteiger partial charge >= 0.3 is 6.18 Å². The first-order valence-electron chi connectivity index (χ1n) is 15.3. The number of rotatable bonds is 14. The fraction of sp³-hybridized carbons (Fsp3) is 0.257. The molecule has 0 unspecified atom stereocenters. The number of pyridine rings is 2. The summed E-state index contributed by atoms with van der Waals surface area (Å²) in [6.45, 7) is 1.08. The molecule has 10 nitrogen and oxygen atoms in total. The summed E-state index contributed by atoms with van der Waals surface area (Å²) >= 11 is 0. The van der Waals surface area contributed by atoms with Gasteiger partial charge in [0.2, 0.25) is 0 Å². The van der Waals surface area contributed by atoms with Crippen LogP contribution in [0.3, 0.4) is 0 Å². The number of aromatic nitrogens is 4. The number of halogens is 3. The number of anilines is 2. The zero-order valence-electron chi connectivity index (χ0n) is 26.5. The third-order valence-electron chi connectivity index (χ3n) is 7.69. The van der Waals surface area contributed by atoms with Crippen LogP contribution < -0.4 is 25.8 Å². The number of nitrogens with zero attached hydrogens (tertiary/aromatic N) is 3. The lowest BCUT2D eigenvalue weighted by Crippen LogP contribution is -2.14. The minimum atomic E-state index is -4.56. The summed E-state index contributed by atoms with van der Waals surface area (Å²) in [5.41, 5.74) is 8.78. The topological polar surface area (TPSA) is 140 Å². The Morgan fingerprint density at radius 1 is 1.00 bits per heavy atom. The zero-order chi connectivity index (χ0) is 34.1. The first-order chi connectivity index (χ1) is 23.2. The first-order valence-corrected chi connectivity index (χ1v) is 15.3. The molecule has 48 heavy (non-hydrogen) atoms. The molecule has 1 amide bonds. The van der Waals surface area contributed by atoms with Crippen molar-refractivity contribution in [3.05, 3.63) is 95.3 Å². The van der Waals surface area contributed by atoms with Crippen molar-refractivity contribution >= 4 is 34.5 Å². The molecule has 250 valence electrons. The van der Waals surface area contributed by atoms with E-state index in [1.54, 1.807) is 44.7 Å². The molecule has 3 heterocycles. The maximum atomic E-state index is 13.1. The van der Waals surface area contributed by atoms with E-state index in [0.29, 0.717) is 41.6 Å². The summed E-state index contributed by atoms with van der Waals surface area (Å²) in [6, 6.07) is 13.8. The van der Waals surface area contributed by atoms with Crippen LogP contribution in [0.5, 0.6) is 11.5 Å². The number of hydrogen-bond acceptors (Lipinski definition) is 8. The molecule has 13 heteroatoms. The van der Waals surface area contributed by atoms with Crippen LogP contribution in [0, 0.1) is 0 Å². The number of carbonyl (C=O) groups is 1. The highest BCUT2D eigenvalue weighted by Crippen LogP contribution is 2.35. The lowest BCUT2D eigenvalue weighted by Gasteiger charge is -2.13. The Morgan fingerprint density at radius 2 is 1.81 bits per heavy atom. The van der Waals surface area contributed by atoms with Gasteiger partial charge < -0.3 is 25.8 Å². The number of H-pyrrole nitrogens is 1. The van der Waals surface area contributed by atoms with Gasteiger partial charge in [-0.15, -0.1) is 0 Å². The minimum absolute atomic E-state index is 0.200. The molecule has 0 saturated heterocycles. The second-order valence-electron chi connectivity index (χ2n) is 10.9. The van der Waals surface area contributed by atoms with Crippen molar-refractivity contribution in [3.8, 4) is 22.8 Å². The number of aromatic amines is 1. The lowest BCUT2D eigenvalue weighted by atomic mass is 10.0. The van der Waals surface area contributed by atoms with Crippen LogP contribution in [-0.2, 0) is 12.7 Å². The van der Waals surface area contributed by atoms with E-state index >= 15 is 0 Å². The number of nitrogens with one attached hydrogen (secondary N) is 3. The van der Waals surface area contributed by atoms with Crippen LogP contribution in [0.2, 0.25) is 0 Å². The molecule has 5 rings (SSSR count). The average molecular weight is 660 g/mol. The molecule has 0 spiro atoms. The number of unbranched alkanes of at least 4 members (excludes halogenated alkanes) is 3. The zero-order valence-corrected chi connectivity index (χ0v) is 26.5. The summed E-state index contributed by atoms with van der Waals surface area (Å²) in [5.74, 6) is 1.13. The van der Waals surface area contributed by atoms with Gasteiger partial charge in [-0.25, -0.2) is 9.97 Å². The number of benzene rings is 2. The lowest BCUT2D eigenvalue weighted by molar-refractivity contribution is -0.137. The Balaban J connectivity index is 1.43. The van der Waals surface area contributed by atoms with Crippen molar-refractivity contribution in [2.45, 2.75) is 38.4 Å². The molecule has 0 atom stereocenters. The second-order valence-corrected chi connectivity index (χ2v) is 10.9. The highest BCUT2D eigenvalue weighted by molar-refractivity contribution is 6.06. The molecule has 0 aliphatic heterocycles. The van der Waals surface area contributed by atoms with E-state index in [1.807, 2.05) is 24.3 Å². The number of carbonyl (C=O) groups excluding carboxylic acids is 1. The van der Waals surface area contributed by atoms with Crippen LogP contribution in [0.25, 0.3) is 28.2 Å². The van der Waals surface area contributed by atoms with Crippen molar-refractivity contribution in [2.24, 2.45) is 5.73 Å². The molecular formula is C35H36F3N7O3. The Morgan fingerprint density at radius 3 is 2.54 bits per heavy atom. The molecular weight excluding hydrogens is 623 g/mol. The number of fused-ring (bicyclic) bond motifs is 1. The molecule has 0 fully saturated rings. The molecule has 0 bridgehead atoms. The number of methoxy groups -OCH3 is 2. The van der Waals surface area contributed by atoms with Gasteiger partial charge in [-0.3, -0.25) is 9.89 Å². The monoisotopic (exact) mass is 659 g/mol. The summed E-state index contributed by atoms with van der Waals surface area (Å²) in [5, 5.41) is 14.4. The highest BCUT2D eigenvalue weighted by atomic mass is 19.4. The van der Waals surface area contributed by atoms with Crippen molar-refractivity contribution in [2.75, 3.05) is 31.4 Å². The quantitative estimate of drug-likeness (QED) is 0.0902. The largest absolute Gasteiger partial charge is 0.497 e. The number of amides is 1. The van der Waals surface area contributed by atoms with Gasteiger partial charge in [0.25, 0.3) is 5.91 Å². The fourth-order valence-electron chi connectivity index (χ4n) is 5.13. The standard InChI is InChI=1S/C35H36F3N7O3/c1-47-27-14-13-24(28(19-27)48-2)20-41-33-30-31(44-45-32(30)25(21-42-33)8-6-4-3-5-7-16-39)22-9-11-23(12-10-22)34(46)43-29-18-26(15-17-40-29)35(36,37)38/h6,8-15,17-19,21H,3-5,7,16,20,39H2,1-2H3,(H,41,42)(H,44,45)(H,40,43,46)/b8-6+. The summed E-state index contributed by atoms with van der Waals surface area (Å²) < 4.78 is 50.2. The Hall–Kier alpha value is -5.43. The van der Waals surface area contributed by atoms with Crippen LogP contribution in [0.1, 0.15) is 52.7 Å². The smallest absolute Gasteiger partial charge is 0.416 e. The van der Waals surface area contributed by atoms with Gasteiger partial charge in [0.1, 0.15) is 28.7 Å². The molecule has 3 aromatic heterocycles. The summed E-state index contributed by atoms with van der Waals surface area (Å²) in [4.78, 5) is 21.5. The summed E-state index contributed by atoms with van der Waals surface area (Å²) in [6.07, 6.45) is 6.30. The predicted molar refractivity (Wildman–Crippen MR) is 180 cm³/mol. The molecule has 0 aliphatic carbocycles. The third-order valence-corrected chi connectivity index (χ3v) is 7.69. The number of nitrogens with two attached hydrogens (primary N) is 1. The van der Waals surface area contributed by atoms with Crippen LogP contribution in [-0.4, -0.2) is 46.8 Å². The Kier molecular flexibility index (Phi) is 10.9. The van der Waals surface area contributed by atoms with Gasteiger partial charge in [0, 0.05) is 47.3 Å². The maximum Gasteiger partial charge on any atom is 0.416 e. The van der Waals surface area contributed by atoms with Gasteiger partial charge in [0.15, 0.2) is 0 Å². The highest BCUT2D eigenvalue weighted by Gasteiger charge is 2.31. The molecule has 0 saturated carbocycles. The molecule has 5 aromatic rings. The van der Waals surface area contributed by atoms with E-state index in [9.17, 15) is 18.0 Å². The van der Waals surface area contributed by atoms with Crippen molar-refractivity contribution in [1.29, 1.82) is 0 Å². The van der Waals surface area contributed by atoms with E-state index < -0.39 is 17.6 Å². The number of allylic oxidation sites excluding steroid dienone is 1. The molecule has 0 radical (unpaired) electrons. The maximum absolute atomic E-state index is 13.1. The van der Waals surface area contributed by atoms with E-state index in [1.165, 1.54) is 0 Å². The predicted octanol–water partition coefficient (Wildman–Crippen LogP) is 7.45. The van der Waals surface area contributed by atoms with Gasteiger partial charge in [-0.1, -0.05) is 30.7 Å². The number of ether oxygens (including phenoxy) is 2. The first kappa shape index (κ1) is 33.9. The average Bonchev–Trinajstić information content (AvgIpc) is 3.55. The normalized spacial score (nSPS) is 11.6. The number of hydrogen-bond donors (Lipinski definition) is 4. The van der Waals surface area contributed by atoms with Crippen molar-refractivity contribution in [3.63, 3.8) is 0 Å². The third kappa shape index (κ3) is 8.10. The van der Waals surface area contributed by atoms with Gasteiger partial charge in [-0.2, -0.15) is 18.3 Å². The molecule has 5 N–H and O–H groups in total. The Labute approximate surface area is 275 Å². The molecule has 2 aromatic carbocycles. The van der Waals surface area contributed by atoms with Gasteiger partial charge in [-0.05, 0) is 62.2 Å². The van der Waals surface area contributed by atoms with Crippen molar-refractivity contribution < 1.29 is 27.4 Å². The van der Waals surface area contributed by atoms with E-state index in [-0.39, 0.29) is 11.4 Å². The summed E-state index contributed by atoms with van der Waals surface area (Å²) in [7, 11) is 3.19. The van der Waals surface area contributed by atoms with Crippen LogP contribution >= 0.6 is 0 Å². The molecule has 0 aliphatic rings. The number of alkyl halides is 3. The fourth-order valence-corrected chi connectivity index (χ4v) is 5.13. The second kappa shape index (κ2) is 15.4. The van der Waals surface area contributed by atoms with E-state index in [2.05, 4.69) is 31.9 Å². The van der Waals surface area contributed by atoms with Crippen LogP contribution in [0.4, 0.5) is 24.8 Å². The SMILES string of the molecule is COc1ccc(CNc2ncc(/C=C/CCCCCN)c3n[nH]c(-c4ccc(C(=O)Nc5cc(C(F)(F)F)ccn5)cc4)c23)c(OC)c1. The van der Waals surface area contributed by atoms with Crippen molar-refractivity contribution in [1.82, 2.24) is 20.2 Å². The Bertz CT molecular complexity index is 1890. The minimum Gasteiger partial charge on any atom is -0.497 e. The van der Waals surface area contributed by atoms with Crippen LogP contribution in [0.15, 0.2) is 73.1 Å². The van der Waals surface area contributed by atoms with E-state index in [4.69, 9.17) is 20.2 Å².